The van der Waals surface area contributed by atoms with Crippen LogP contribution in [0.25, 0.3) is 0 Å². The fraction of sp³-hybridized carbons (Fsp3) is 0.583. The Morgan fingerprint density at radius 1 is 1.50 bits per heavy atom. The number of hydrogen-bond acceptors (Lipinski definition) is 4. The standard InChI is InChI=1S/C12H20N4O2/c1-4-9-15-10(7-12(18)16-9)13-6-5-11(17)14-8(2)3/h7-8H,4-6H2,1-3H3,(H,14,17)(H2,13,15,16,18). The maximum Gasteiger partial charge on any atom is 0.252 e. The zero-order valence-electron chi connectivity index (χ0n) is 11.0. The summed E-state index contributed by atoms with van der Waals surface area (Å²) < 4.78 is 0. The highest BCUT2D eigenvalue weighted by atomic mass is 16.1. The maximum absolute atomic E-state index is 11.4. The molecule has 1 aromatic rings. The number of carbonyl (C=O) groups is 1. The van der Waals surface area contributed by atoms with Crippen LogP contribution in [0.2, 0.25) is 0 Å². The second-order valence-electron chi connectivity index (χ2n) is 4.33. The zero-order valence-corrected chi connectivity index (χ0v) is 11.0. The molecule has 0 saturated carbocycles. The second-order valence-corrected chi connectivity index (χ2v) is 4.33. The van der Waals surface area contributed by atoms with E-state index in [1.165, 1.54) is 6.07 Å². The van der Waals surface area contributed by atoms with Crippen molar-refractivity contribution < 1.29 is 4.79 Å². The van der Waals surface area contributed by atoms with Gasteiger partial charge in [-0.05, 0) is 13.8 Å². The van der Waals surface area contributed by atoms with Gasteiger partial charge in [0.25, 0.3) is 5.56 Å². The number of aromatic amines is 1. The van der Waals surface area contributed by atoms with E-state index in [0.29, 0.717) is 31.0 Å². The van der Waals surface area contributed by atoms with Crippen LogP contribution in [0.3, 0.4) is 0 Å². The summed E-state index contributed by atoms with van der Waals surface area (Å²) in [4.78, 5) is 29.5. The molecule has 0 aliphatic carbocycles. The summed E-state index contributed by atoms with van der Waals surface area (Å²) in [5.74, 6) is 1.13. The van der Waals surface area contributed by atoms with Crippen molar-refractivity contribution in [2.75, 3.05) is 11.9 Å². The van der Waals surface area contributed by atoms with Crippen LogP contribution < -0.4 is 16.2 Å². The van der Waals surface area contributed by atoms with Crippen LogP contribution in [0.15, 0.2) is 10.9 Å². The van der Waals surface area contributed by atoms with Gasteiger partial charge in [0.05, 0.1) is 0 Å². The van der Waals surface area contributed by atoms with Crippen LogP contribution >= 0.6 is 0 Å². The van der Waals surface area contributed by atoms with E-state index in [2.05, 4.69) is 20.6 Å². The lowest BCUT2D eigenvalue weighted by atomic mass is 10.3. The van der Waals surface area contributed by atoms with Crippen LogP contribution in [-0.2, 0) is 11.2 Å². The summed E-state index contributed by atoms with van der Waals surface area (Å²) in [7, 11) is 0. The second kappa shape index (κ2) is 6.78. The molecule has 0 aliphatic heterocycles. The average Bonchev–Trinajstić information content (AvgIpc) is 2.27. The molecule has 1 rings (SSSR count). The van der Waals surface area contributed by atoms with Crippen molar-refractivity contribution in [1.82, 2.24) is 15.3 Å². The van der Waals surface area contributed by atoms with Crippen LogP contribution in [0.1, 0.15) is 33.0 Å². The summed E-state index contributed by atoms with van der Waals surface area (Å²) in [5, 5.41) is 5.77. The molecule has 0 atom stereocenters. The predicted molar refractivity (Wildman–Crippen MR) is 70.6 cm³/mol. The van der Waals surface area contributed by atoms with Crippen LogP contribution in [0.5, 0.6) is 0 Å². The molecular formula is C12H20N4O2. The molecule has 100 valence electrons. The molecule has 6 nitrogen and oxygen atoms in total. The molecule has 0 aliphatic rings. The lowest BCUT2D eigenvalue weighted by Gasteiger charge is -2.09. The van der Waals surface area contributed by atoms with E-state index >= 15 is 0 Å². The minimum atomic E-state index is -0.184. The average molecular weight is 252 g/mol. The fourth-order valence-corrected chi connectivity index (χ4v) is 1.46. The normalized spacial score (nSPS) is 10.4. The Hall–Kier alpha value is -1.85. The number of carbonyl (C=O) groups excluding carboxylic acids is 1. The van der Waals surface area contributed by atoms with Gasteiger partial charge < -0.3 is 15.6 Å². The van der Waals surface area contributed by atoms with Crippen LogP contribution in [0, 0.1) is 0 Å². The molecule has 0 fully saturated rings. The largest absolute Gasteiger partial charge is 0.369 e. The van der Waals surface area contributed by atoms with E-state index in [4.69, 9.17) is 0 Å². The van der Waals surface area contributed by atoms with Crippen LogP contribution in [-0.4, -0.2) is 28.5 Å². The quantitative estimate of drug-likeness (QED) is 0.694. The summed E-state index contributed by atoms with van der Waals surface area (Å²) in [5.41, 5.74) is -0.184. The lowest BCUT2D eigenvalue weighted by Crippen LogP contribution is -2.31. The number of aryl methyl sites for hydroxylation is 1. The molecule has 1 aromatic heterocycles. The summed E-state index contributed by atoms with van der Waals surface area (Å²) >= 11 is 0. The molecule has 0 spiro atoms. The minimum absolute atomic E-state index is 0.0157. The number of rotatable bonds is 6. The van der Waals surface area contributed by atoms with Gasteiger partial charge in [0.2, 0.25) is 5.91 Å². The summed E-state index contributed by atoms with van der Waals surface area (Å²) in [6.45, 7) is 6.20. The van der Waals surface area contributed by atoms with Crippen molar-refractivity contribution in [1.29, 1.82) is 0 Å². The van der Waals surface area contributed by atoms with E-state index in [-0.39, 0.29) is 17.5 Å². The maximum atomic E-state index is 11.4. The minimum Gasteiger partial charge on any atom is -0.369 e. The van der Waals surface area contributed by atoms with Gasteiger partial charge >= 0.3 is 0 Å². The van der Waals surface area contributed by atoms with E-state index < -0.39 is 0 Å². The molecule has 0 bridgehead atoms. The highest BCUT2D eigenvalue weighted by Crippen LogP contribution is 1.99. The number of aromatic nitrogens is 2. The molecule has 1 amide bonds. The first kappa shape index (κ1) is 14.2. The third-order valence-electron chi connectivity index (χ3n) is 2.23. The van der Waals surface area contributed by atoms with Crippen molar-refractivity contribution >= 4 is 11.7 Å². The molecule has 1 heterocycles. The first-order valence-corrected chi connectivity index (χ1v) is 6.14. The third-order valence-corrected chi connectivity index (χ3v) is 2.23. The van der Waals surface area contributed by atoms with Gasteiger partial charge in [0.15, 0.2) is 0 Å². The Kier molecular flexibility index (Phi) is 5.35. The Balaban J connectivity index is 2.46. The van der Waals surface area contributed by atoms with E-state index in [1.807, 2.05) is 20.8 Å². The van der Waals surface area contributed by atoms with Gasteiger partial charge in [-0.2, -0.15) is 0 Å². The van der Waals surface area contributed by atoms with Crippen molar-refractivity contribution in [2.24, 2.45) is 0 Å². The first-order valence-electron chi connectivity index (χ1n) is 6.14. The van der Waals surface area contributed by atoms with Crippen molar-refractivity contribution in [3.05, 3.63) is 22.2 Å². The number of amides is 1. The zero-order chi connectivity index (χ0) is 13.5. The van der Waals surface area contributed by atoms with Gasteiger partial charge in [0, 0.05) is 31.5 Å². The van der Waals surface area contributed by atoms with Gasteiger partial charge in [-0.3, -0.25) is 9.59 Å². The van der Waals surface area contributed by atoms with Gasteiger partial charge in [0.1, 0.15) is 11.6 Å². The smallest absolute Gasteiger partial charge is 0.252 e. The lowest BCUT2D eigenvalue weighted by molar-refractivity contribution is -0.121. The Bertz CT molecular complexity index is 454. The Labute approximate surface area is 106 Å². The van der Waals surface area contributed by atoms with E-state index in [1.54, 1.807) is 0 Å². The fourth-order valence-electron chi connectivity index (χ4n) is 1.46. The molecule has 6 heteroatoms. The SMILES string of the molecule is CCc1nc(NCCC(=O)NC(C)C)cc(=O)[nH]1. The van der Waals surface area contributed by atoms with Crippen molar-refractivity contribution in [2.45, 2.75) is 39.7 Å². The first-order chi connectivity index (χ1) is 8.51. The van der Waals surface area contributed by atoms with E-state index in [9.17, 15) is 9.59 Å². The van der Waals surface area contributed by atoms with Gasteiger partial charge in [-0.15, -0.1) is 0 Å². The van der Waals surface area contributed by atoms with Gasteiger partial charge in [-0.25, -0.2) is 4.98 Å². The monoisotopic (exact) mass is 252 g/mol. The highest BCUT2D eigenvalue weighted by Gasteiger charge is 2.04. The molecule has 0 radical (unpaired) electrons. The Morgan fingerprint density at radius 3 is 2.83 bits per heavy atom. The summed E-state index contributed by atoms with van der Waals surface area (Å²) in [6.07, 6.45) is 1.02. The molecular weight excluding hydrogens is 232 g/mol. The number of nitrogens with one attached hydrogen (secondary N) is 3. The summed E-state index contributed by atoms with van der Waals surface area (Å²) in [6, 6.07) is 1.53. The highest BCUT2D eigenvalue weighted by molar-refractivity contribution is 5.76. The van der Waals surface area contributed by atoms with Crippen molar-refractivity contribution in [3.8, 4) is 0 Å². The molecule has 0 unspecified atom stereocenters. The molecule has 0 saturated heterocycles. The third kappa shape index (κ3) is 4.99. The van der Waals surface area contributed by atoms with E-state index in [0.717, 1.165) is 0 Å². The number of H-pyrrole nitrogens is 1. The van der Waals surface area contributed by atoms with Crippen molar-refractivity contribution in [3.63, 3.8) is 0 Å². The molecule has 3 N–H and O–H groups in total. The Morgan fingerprint density at radius 2 is 2.22 bits per heavy atom. The topological polar surface area (TPSA) is 86.9 Å². The predicted octanol–water partition coefficient (Wildman–Crippen LogP) is 0.659. The molecule has 0 aromatic carbocycles. The van der Waals surface area contributed by atoms with Gasteiger partial charge in [-0.1, -0.05) is 6.92 Å². The number of hydrogen-bond donors (Lipinski definition) is 3. The molecule has 18 heavy (non-hydrogen) atoms. The number of anilines is 1. The number of nitrogens with zero attached hydrogens (tertiary/aromatic N) is 1. The van der Waals surface area contributed by atoms with Crippen LogP contribution in [0.4, 0.5) is 5.82 Å².